The Hall–Kier alpha value is -0.300. The fourth-order valence-electron chi connectivity index (χ4n) is 11.6. The second-order valence-electron chi connectivity index (χ2n) is 15.4. The smallest absolute Gasteiger partial charge is 0.0676 e. The van der Waals surface area contributed by atoms with Gasteiger partial charge in [0.05, 0.1) is 5.60 Å². The van der Waals surface area contributed by atoms with Crippen molar-refractivity contribution in [2.75, 3.05) is 0 Å². The molecule has 0 radical (unpaired) electrons. The van der Waals surface area contributed by atoms with Crippen molar-refractivity contribution in [1.82, 2.24) is 0 Å². The normalized spacial score (nSPS) is 46.2. The number of allylic oxidation sites excluding steroid dienone is 2. The van der Waals surface area contributed by atoms with Gasteiger partial charge in [0.2, 0.25) is 0 Å². The van der Waals surface area contributed by atoms with Gasteiger partial charge in [0, 0.05) is 0 Å². The topological polar surface area (TPSA) is 20.2 Å². The summed E-state index contributed by atoms with van der Waals surface area (Å²) < 4.78 is 0. The van der Waals surface area contributed by atoms with Crippen LogP contribution in [0.1, 0.15) is 146 Å². The molecule has 0 aromatic heterocycles. The highest BCUT2D eigenvalue weighted by atomic mass is 16.3. The Balaban J connectivity index is 1.59. The van der Waals surface area contributed by atoms with Gasteiger partial charge in [0.25, 0.3) is 0 Å². The molecule has 0 aliphatic heterocycles. The molecule has 4 saturated carbocycles. The lowest BCUT2D eigenvalue weighted by Crippen LogP contribution is -2.63. The minimum atomic E-state index is -0.469. The van der Waals surface area contributed by atoms with E-state index in [0.29, 0.717) is 33.5 Å². The van der Waals surface area contributed by atoms with E-state index in [1.165, 1.54) is 63.4 Å². The van der Waals surface area contributed by atoms with Crippen molar-refractivity contribution >= 4 is 0 Å². The fraction of sp³-hybridized carbons (Fsp3) is 0.941. The molecule has 0 amide bonds. The molecule has 9 atom stereocenters. The molecule has 1 N–H and O–H groups in total. The van der Waals surface area contributed by atoms with Crippen LogP contribution in [0.15, 0.2) is 11.6 Å². The molecular formula is C34H60O. The maximum Gasteiger partial charge on any atom is 0.0676 e. The molecule has 1 heteroatoms. The van der Waals surface area contributed by atoms with Crippen LogP contribution < -0.4 is 0 Å². The molecule has 1 nitrogen and oxygen atoms in total. The molecule has 4 fully saturated rings. The van der Waals surface area contributed by atoms with Crippen molar-refractivity contribution in [3.63, 3.8) is 0 Å². The zero-order valence-electron chi connectivity index (χ0n) is 25.1. The summed E-state index contributed by atoms with van der Waals surface area (Å²) in [7, 11) is 0. The highest BCUT2D eigenvalue weighted by Crippen LogP contribution is 2.76. The van der Waals surface area contributed by atoms with E-state index >= 15 is 0 Å². The van der Waals surface area contributed by atoms with Gasteiger partial charge in [-0.2, -0.15) is 0 Å². The van der Waals surface area contributed by atoms with Gasteiger partial charge in [-0.1, -0.05) is 66.5 Å². The first-order valence-corrected chi connectivity index (χ1v) is 15.7. The molecule has 0 heterocycles. The van der Waals surface area contributed by atoms with Crippen LogP contribution in [-0.2, 0) is 0 Å². The number of hydrogen-bond acceptors (Lipinski definition) is 1. The van der Waals surface area contributed by atoms with Crippen molar-refractivity contribution < 1.29 is 5.11 Å². The standard InChI is InChI=1S/C34H60O/c1-10-25-17-21-31(7)28(30(25,5)6)19-23-33(9)29(31)16-15-26-27(18-22-32(26,33)8)34(35,11-2)20-13-12-14-24(3)4/h14,25-29,35H,10-13,15-23H2,1-9H3/t25-,26+,27?,28?,29?,31-,32?,33+,34?/m0/s1. The Bertz CT molecular complexity index is 790. The molecular weight excluding hydrogens is 424 g/mol. The Morgan fingerprint density at radius 1 is 0.857 bits per heavy atom. The van der Waals surface area contributed by atoms with Crippen LogP contribution in [0.3, 0.4) is 0 Å². The summed E-state index contributed by atoms with van der Waals surface area (Å²) in [5.41, 5.74) is 2.74. The highest BCUT2D eigenvalue weighted by molar-refractivity contribution is 5.18. The summed E-state index contributed by atoms with van der Waals surface area (Å²) in [6.07, 6.45) is 19.0. The summed E-state index contributed by atoms with van der Waals surface area (Å²) >= 11 is 0. The van der Waals surface area contributed by atoms with Crippen LogP contribution in [0, 0.1) is 51.2 Å². The van der Waals surface area contributed by atoms with E-state index in [2.05, 4.69) is 68.4 Å². The summed E-state index contributed by atoms with van der Waals surface area (Å²) in [5, 5.41) is 12.1. The number of unbranched alkanes of at least 4 members (excludes halogenated alkanes) is 1. The third-order valence-electron chi connectivity index (χ3n) is 13.8. The van der Waals surface area contributed by atoms with Crippen molar-refractivity contribution in [1.29, 1.82) is 0 Å². The zero-order chi connectivity index (χ0) is 25.9. The van der Waals surface area contributed by atoms with E-state index < -0.39 is 5.60 Å². The molecule has 0 saturated heterocycles. The summed E-state index contributed by atoms with van der Waals surface area (Å²) in [6, 6.07) is 0. The highest BCUT2D eigenvalue weighted by Gasteiger charge is 2.69. The van der Waals surface area contributed by atoms with Crippen LogP contribution in [0.5, 0.6) is 0 Å². The van der Waals surface area contributed by atoms with E-state index in [1.807, 2.05) is 0 Å². The first-order chi connectivity index (χ1) is 16.3. The minimum absolute atomic E-state index is 0.392. The third kappa shape index (κ3) is 4.12. The van der Waals surface area contributed by atoms with Gasteiger partial charge < -0.3 is 5.11 Å². The average Bonchev–Trinajstić information content (AvgIpc) is 3.15. The van der Waals surface area contributed by atoms with Crippen LogP contribution in [0.25, 0.3) is 0 Å². The molecule has 4 aliphatic rings. The van der Waals surface area contributed by atoms with Gasteiger partial charge in [-0.15, -0.1) is 0 Å². The molecule has 202 valence electrons. The minimum Gasteiger partial charge on any atom is -0.390 e. The van der Waals surface area contributed by atoms with Crippen LogP contribution in [0.4, 0.5) is 0 Å². The van der Waals surface area contributed by atoms with E-state index in [-0.39, 0.29) is 0 Å². The first-order valence-electron chi connectivity index (χ1n) is 15.7. The van der Waals surface area contributed by atoms with Gasteiger partial charge in [-0.05, 0) is 142 Å². The zero-order valence-corrected chi connectivity index (χ0v) is 25.1. The molecule has 35 heavy (non-hydrogen) atoms. The lowest BCUT2D eigenvalue weighted by molar-refractivity contribution is -0.218. The number of hydrogen-bond donors (Lipinski definition) is 1. The molecule has 0 spiro atoms. The predicted octanol–water partition coefficient (Wildman–Crippen LogP) is 9.98. The van der Waals surface area contributed by atoms with Crippen molar-refractivity contribution in [2.45, 2.75) is 151 Å². The molecule has 5 unspecified atom stereocenters. The van der Waals surface area contributed by atoms with Crippen LogP contribution in [-0.4, -0.2) is 10.7 Å². The van der Waals surface area contributed by atoms with Crippen molar-refractivity contribution in [3.05, 3.63) is 11.6 Å². The molecule has 4 rings (SSSR count). The summed E-state index contributed by atoms with van der Waals surface area (Å²) in [5.74, 6) is 3.85. The molecule has 0 aromatic rings. The molecule has 0 aromatic carbocycles. The lowest BCUT2D eigenvalue weighted by Gasteiger charge is -2.70. The van der Waals surface area contributed by atoms with E-state index in [9.17, 15) is 5.11 Å². The second-order valence-corrected chi connectivity index (χ2v) is 15.4. The van der Waals surface area contributed by atoms with Crippen LogP contribution >= 0.6 is 0 Å². The van der Waals surface area contributed by atoms with Crippen LogP contribution in [0.2, 0.25) is 0 Å². The van der Waals surface area contributed by atoms with Gasteiger partial charge in [0.1, 0.15) is 0 Å². The fourth-order valence-corrected chi connectivity index (χ4v) is 11.6. The molecule has 4 aliphatic carbocycles. The van der Waals surface area contributed by atoms with Gasteiger partial charge in [0.15, 0.2) is 0 Å². The van der Waals surface area contributed by atoms with E-state index in [0.717, 1.165) is 43.4 Å². The Morgan fingerprint density at radius 3 is 2.17 bits per heavy atom. The second kappa shape index (κ2) is 9.47. The Labute approximate surface area is 219 Å². The van der Waals surface area contributed by atoms with Crippen molar-refractivity contribution in [2.24, 2.45) is 51.2 Å². The third-order valence-corrected chi connectivity index (χ3v) is 13.8. The van der Waals surface area contributed by atoms with Gasteiger partial charge in [-0.25, -0.2) is 0 Å². The average molecular weight is 485 g/mol. The predicted molar refractivity (Wildman–Crippen MR) is 151 cm³/mol. The maximum atomic E-state index is 12.1. The number of aliphatic hydroxyl groups is 1. The Kier molecular flexibility index (Phi) is 7.50. The lowest BCUT2D eigenvalue weighted by atomic mass is 9.34. The van der Waals surface area contributed by atoms with Crippen molar-refractivity contribution in [3.8, 4) is 0 Å². The number of rotatable bonds is 7. The number of fused-ring (bicyclic) bond motifs is 5. The molecule has 0 bridgehead atoms. The summed E-state index contributed by atoms with van der Waals surface area (Å²) in [6.45, 7) is 22.5. The van der Waals surface area contributed by atoms with E-state index in [1.54, 1.807) is 0 Å². The Morgan fingerprint density at radius 2 is 1.54 bits per heavy atom. The van der Waals surface area contributed by atoms with Gasteiger partial charge in [-0.3, -0.25) is 0 Å². The quantitative estimate of drug-likeness (QED) is 0.281. The van der Waals surface area contributed by atoms with E-state index in [4.69, 9.17) is 0 Å². The van der Waals surface area contributed by atoms with Gasteiger partial charge >= 0.3 is 0 Å². The summed E-state index contributed by atoms with van der Waals surface area (Å²) in [4.78, 5) is 0. The largest absolute Gasteiger partial charge is 0.390 e. The SMILES string of the molecule is CC[C@H]1CC[C@@]2(C)C(CC[C@]3(C)C2CC[C@@H]2C(C(O)(CC)CCCC=C(C)C)CCC23C)C1(C)C. The first kappa shape index (κ1) is 27.7. The monoisotopic (exact) mass is 484 g/mol. The maximum absolute atomic E-state index is 12.1.